The SMILES string of the molecule is O=C(NNC(=O)c1ccc(O)s1)c1ccc(-n2ccccc2=O)cc1. The summed E-state index contributed by atoms with van der Waals surface area (Å²) in [4.78, 5) is 35.9. The number of nitrogens with zero attached hydrogens (tertiary/aromatic N) is 1. The van der Waals surface area contributed by atoms with E-state index < -0.39 is 11.8 Å². The molecule has 0 saturated carbocycles. The number of hydrazine groups is 1. The van der Waals surface area contributed by atoms with E-state index in [4.69, 9.17) is 0 Å². The van der Waals surface area contributed by atoms with Gasteiger partial charge < -0.3 is 5.11 Å². The van der Waals surface area contributed by atoms with Crippen molar-refractivity contribution in [1.29, 1.82) is 0 Å². The lowest BCUT2D eigenvalue weighted by Crippen LogP contribution is -2.41. The van der Waals surface area contributed by atoms with Crippen LogP contribution in [0.1, 0.15) is 20.0 Å². The number of hydrogen-bond donors (Lipinski definition) is 3. The Morgan fingerprint density at radius 2 is 1.64 bits per heavy atom. The Bertz CT molecular complexity index is 976. The number of hydrogen-bond acceptors (Lipinski definition) is 5. The normalized spacial score (nSPS) is 10.2. The molecule has 2 aromatic heterocycles. The molecule has 0 aliphatic rings. The average molecular weight is 355 g/mol. The third-order valence-electron chi connectivity index (χ3n) is 3.34. The van der Waals surface area contributed by atoms with E-state index in [2.05, 4.69) is 10.9 Å². The molecule has 0 atom stereocenters. The van der Waals surface area contributed by atoms with E-state index in [-0.39, 0.29) is 15.5 Å². The molecule has 3 N–H and O–H groups in total. The molecule has 0 fully saturated rings. The van der Waals surface area contributed by atoms with Gasteiger partial charge in [0.1, 0.15) is 0 Å². The molecule has 0 bridgehead atoms. The molecule has 0 unspecified atom stereocenters. The minimum Gasteiger partial charge on any atom is -0.499 e. The molecule has 2 heterocycles. The number of aromatic hydroxyl groups is 1. The summed E-state index contributed by atoms with van der Waals surface area (Å²) in [6.07, 6.45) is 1.63. The van der Waals surface area contributed by atoms with Crippen LogP contribution in [0.25, 0.3) is 5.69 Å². The lowest BCUT2D eigenvalue weighted by Gasteiger charge is -2.08. The Balaban J connectivity index is 1.66. The number of amides is 2. The molecule has 0 aliphatic carbocycles. The Hall–Kier alpha value is -3.39. The highest BCUT2D eigenvalue weighted by atomic mass is 32.1. The maximum Gasteiger partial charge on any atom is 0.279 e. The quantitative estimate of drug-likeness (QED) is 0.622. The van der Waals surface area contributed by atoms with Crippen LogP contribution in [-0.4, -0.2) is 21.5 Å². The number of pyridine rings is 1. The molecule has 3 rings (SSSR count). The van der Waals surface area contributed by atoms with Crippen LogP contribution < -0.4 is 16.4 Å². The second kappa shape index (κ2) is 7.02. The van der Waals surface area contributed by atoms with E-state index in [0.717, 1.165) is 11.3 Å². The van der Waals surface area contributed by atoms with Crippen molar-refractivity contribution in [3.63, 3.8) is 0 Å². The van der Waals surface area contributed by atoms with Crippen molar-refractivity contribution in [3.8, 4) is 10.8 Å². The number of nitrogens with one attached hydrogen (secondary N) is 2. The fourth-order valence-corrected chi connectivity index (χ4v) is 2.75. The van der Waals surface area contributed by atoms with Crippen LogP contribution in [0.15, 0.2) is 65.6 Å². The molecule has 7 nitrogen and oxygen atoms in total. The number of thiophene rings is 1. The molecular formula is C17H13N3O4S. The maximum atomic E-state index is 12.1. The van der Waals surface area contributed by atoms with Gasteiger partial charge in [-0.1, -0.05) is 17.4 Å². The van der Waals surface area contributed by atoms with Gasteiger partial charge in [-0.15, -0.1) is 0 Å². The minimum atomic E-state index is -0.522. The maximum absolute atomic E-state index is 12.1. The monoisotopic (exact) mass is 355 g/mol. The van der Waals surface area contributed by atoms with E-state index in [0.29, 0.717) is 11.3 Å². The van der Waals surface area contributed by atoms with E-state index in [1.54, 1.807) is 42.6 Å². The largest absolute Gasteiger partial charge is 0.499 e. The summed E-state index contributed by atoms with van der Waals surface area (Å²) in [6.45, 7) is 0. The highest BCUT2D eigenvalue weighted by Crippen LogP contribution is 2.21. The van der Waals surface area contributed by atoms with Gasteiger partial charge in [-0.2, -0.15) is 0 Å². The second-order valence-corrected chi connectivity index (χ2v) is 6.06. The van der Waals surface area contributed by atoms with Crippen molar-refractivity contribution in [2.24, 2.45) is 0 Å². The van der Waals surface area contributed by atoms with Crippen LogP contribution >= 0.6 is 11.3 Å². The second-order valence-electron chi connectivity index (χ2n) is 5.00. The molecule has 0 saturated heterocycles. The van der Waals surface area contributed by atoms with Gasteiger partial charge in [0.15, 0.2) is 5.06 Å². The van der Waals surface area contributed by atoms with Gasteiger partial charge in [-0.25, -0.2) is 0 Å². The molecule has 1 aromatic carbocycles. The van der Waals surface area contributed by atoms with Gasteiger partial charge in [-0.05, 0) is 42.5 Å². The fourth-order valence-electron chi connectivity index (χ4n) is 2.11. The van der Waals surface area contributed by atoms with Crippen molar-refractivity contribution >= 4 is 23.2 Å². The summed E-state index contributed by atoms with van der Waals surface area (Å²) in [6, 6.07) is 14.0. The zero-order valence-corrected chi connectivity index (χ0v) is 13.6. The van der Waals surface area contributed by atoms with Crippen molar-refractivity contribution < 1.29 is 14.7 Å². The summed E-state index contributed by atoms with van der Waals surface area (Å²) in [5.74, 6) is -1.02. The number of benzene rings is 1. The smallest absolute Gasteiger partial charge is 0.279 e. The standard InChI is InChI=1S/C17H13N3O4S/c21-14-3-1-2-10-20(14)12-6-4-11(5-7-12)16(23)18-19-17(24)13-8-9-15(22)25-13/h1-10,22H,(H,18,23)(H,19,24). The lowest BCUT2D eigenvalue weighted by atomic mass is 10.2. The summed E-state index contributed by atoms with van der Waals surface area (Å²) < 4.78 is 1.45. The zero-order valence-electron chi connectivity index (χ0n) is 12.8. The number of aromatic nitrogens is 1. The third-order valence-corrected chi connectivity index (χ3v) is 4.22. The fraction of sp³-hybridized carbons (Fsp3) is 0. The first-order chi connectivity index (χ1) is 12.0. The van der Waals surface area contributed by atoms with Crippen molar-refractivity contribution in [2.75, 3.05) is 0 Å². The number of carbonyl (C=O) groups is 2. The van der Waals surface area contributed by atoms with Crippen molar-refractivity contribution in [2.45, 2.75) is 0 Å². The highest BCUT2D eigenvalue weighted by molar-refractivity contribution is 7.15. The lowest BCUT2D eigenvalue weighted by molar-refractivity contribution is 0.0849. The Morgan fingerprint density at radius 1 is 0.920 bits per heavy atom. The van der Waals surface area contributed by atoms with Gasteiger partial charge in [0, 0.05) is 23.5 Å². The van der Waals surface area contributed by atoms with Crippen molar-refractivity contribution in [3.05, 3.63) is 81.6 Å². The number of carbonyl (C=O) groups excluding carboxylic acids is 2. The van der Waals surface area contributed by atoms with E-state index in [1.807, 2.05) is 0 Å². The molecule has 0 spiro atoms. The summed E-state index contributed by atoms with van der Waals surface area (Å²) in [7, 11) is 0. The summed E-state index contributed by atoms with van der Waals surface area (Å²) >= 11 is 0.904. The van der Waals surface area contributed by atoms with Crippen molar-refractivity contribution in [1.82, 2.24) is 15.4 Å². The van der Waals surface area contributed by atoms with Crippen LogP contribution in [0.2, 0.25) is 0 Å². The predicted octanol–water partition coefficient (Wildman–Crippen LogP) is 1.68. The Labute approximate surface area is 146 Å². The first-order valence-electron chi connectivity index (χ1n) is 7.22. The molecule has 2 amide bonds. The van der Waals surface area contributed by atoms with Gasteiger partial charge in [-0.3, -0.25) is 29.8 Å². The van der Waals surface area contributed by atoms with Gasteiger partial charge in [0.25, 0.3) is 17.4 Å². The van der Waals surface area contributed by atoms with Gasteiger partial charge in [0.05, 0.1) is 4.88 Å². The first kappa shape index (κ1) is 16.5. The van der Waals surface area contributed by atoms with E-state index >= 15 is 0 Å². The van der Waals surface area contributed by atoms with Crippen LogP contribution in [0.4, 0.5) is 0 Å². The third kappa shape index (κ3) is 3.75. The molecule has 0 aliphatic heterocycles. The predicted molar refractivity (Wildman–Crippen MR) is 93.0 cm³/mol. The van der Waals surface area contributed by atoms with E-state index in [9.17, 15) is 19.5 Å². The molecular weight excluding hydrogens is 342 g/mol. The molecule has 8 heteroatoms. The Morgan fingerprint density at radius 3 is 2.28 bits per heavy atom. The highest BCUT2D eigenvalue weighted by Gasteiger charge is 2.11. The van der Waals surface area contributed by atoms with Crippen LogP contribution in [0.3, 0.4) is 0 Å². The molecule has 126 valence electrons. The molecule has 3 aromatic rings. The molecule has 0 radical (unpaired) electrons. The average Bonchev–Trinajstić information content (AvgIpc) is 3.06. The van der Waals surface area contributed by atoms with E-state index in [1.165, 1.54) is 22.8 Å². The summed E-state index contributed by atoms with van der Waals surface area (Å²) in [5.41, 5.74) is 5.34. The first-order valence-corrected chi connectivity index (χ1v) is 8.04. The zero-order chi connectivity index (χ0) is 17.8. The minimum absolute atomic E-state index is 0.0169. The topological polar surface area (TPSA) is 100 Å². The molecule has 25 heavy (non-hydrogen) atoms. The van der Waals surface area contributed by atoms with Gasteiger partial charge in [0.2, 0.25) is 0 Å². The van der Waals surface area contributed by atoms with Crippen LogP contribution in [0.5, 0.6) is 5.06 Å². The Kier molecular flexibility index (Phi) is 4.62. The van der Waals surface area contributed by atoms with Gasteiger partial charge >= 0.3 is 0 Å². The van der Waals surface area contributed by atoms with Crippen LogP contribution in [-0.2, 0) is 0 Å². The number of rotatable bonds is 3. The summed E-state index contributed by atoms with van der Waals surface area (Å²) in [5, 5.41) is 9.24. The van der Waals surface area contributed by atoms with Crippen LogP contribution in [0, 0.1) is 0 Å².